The zero-order valence-corrected chi connectivity index (χ0v) is 11.8. The van der Waals surface area contributed by atoms with Crippen LogP contribution in [0.2, 0.25) is 0 Å². The molecule has 0 aliphatic carbocycles. The summed E-state index contributed by atoms with van der Waals surface area (Å²) < 4.78 is 5.12. The van der Waals surface area contributed by atoms with Gasteiger partial charge < -0.3 is 21.1 Å². The maximum Gasteiger partial charge on any atom is 0.118 e. The highest BCUT2D eigenvalue weighted by atomic mass is 16.5. The summed E-state index contributed by atoms with van der Waals surface area (Å²) in [5, 5.41) is 0. The van der Waals surface area contributed by atoms with Crippen molar-refractivity contribution in [2.45, 2.75) is 31.2 Å². The Balaban J connectivity index is 1.75. The zero-order chi connectivity index (χ0) is 13.7. The number of hydrogen-bond acceptors (Lipinski definition) is 5. The minimum Gasteiger partial charge on any atom is -0.384 e. The fraction of sp³-hybridized carbons (Fsp3) is 0.786. The lowest BCUT2D eigenvalue weighted by Gasteiger charge is -2.36. The quantitative estimate of drug-likeness (QED) is 0.768. The van der Waals surface area contributed by atoms with E-state index in [0.717, 1.165) is 39.1 Å². The highest BCUT2D eigenvalue weighted by Gasteiger charge is 2.30. The van der Waals surface area contributed by atoms with E-state index in [0.29, 0.717) is 11.7 Å². The number of methoxy groups -OCH3 is 1. The molecule has 0 radical (unpaired) electrons. The number of rotatable bonds is 5. The van der Waals surface area contributed by atoms with Crippen molar-refractivity contribution in [1.29, 1.82) is 0 Å². The largest absolute Gasteiger partial charge is 0.384 e. The minimum absolute atomic E-state index is 0.289. The lowest BCUT2D eigenvalue weighted by molar-refractivity contribution is 0.115. The summed E-state index contributed by atoms with van der Waals surface area (Å²) in [6, 6.07) is 0. The SMILES string of the molecule is COCCN1CCC(CC2(N)C=NC(N)=CC2)CC1. The second-order valence-corrected chi connectivity index (χ2v) is 5.81. The Morgan fingerprint density at radius 1 is 1.47 bits per heavy atom. The molecule has 0 bridgehead atoms. The molecule has 2 aliphatic rings. The first kappa shape index (κ1) is 14.5. The van der Waals surface area contributed by atoms with Crippen LogP contribution in [0.5, 0.6) is 0 Å². The van der Waals surface area contributed by atoms with Crippen molar-refractivity contribution in [3.63, 3.8) is 0 Å². The molecule has 4 N–H and O–H groups in total. The molecule has 2 aliphatic heterocycles. The molecule has 0 aromatic heterocycles. The summed E-state index contributed by atoms with van der Waals surface area (Å²) in [5.41, 5.74) is 11.7. The van der Waals surface area contributed by atoms with E-state index in [1.54, 1.807) is 7.11 Å². The van der Waals surface area contributed by atoms with Crippen LogP contribution in [0, 0.1) is 5.92 Å². The van der Waals surface area contributed by atoms with Crippen LogP contribution in [0.4, 0.5) is 0 Å². The second-order valence-electron chi connectivity index (χ2n) is 5.81. The number of piperidine rings is 1. The number of likely N-dealkylation sites (tertiary alicyclic amines) is 1. The predicted molar refractivity (Wildman–Crippen MR) is 78.0 cm³/mol. The molecule has 2 heterocycles. The summed E-state index contributed by atoms with van der Waals surface area (Å²) in [6.07, 6.45) is 8.05. The number of nitrogens with two attached hydrogens (primary N) is 2. The van der Waals surface area contributed by atoms with Crippen LogP contribution < -0.4 is 11.5 Å². The van der Waals surface area contributed by atoms with E-state index in [1.165, 1.54) is 12.8 Å². The molecule has 1 unspecified atom stereocenters. The van der Waals surface area contributed by atoms with Gasteiger partial charge in [0.25, 0.3) is 0 Å². The number of aliphatic imine (C=N–C) groups is 1. The molecule has 19 heavy (non-hydrogen) atoms. The van der Waals surface area contributed by atoms with Gasteiger partial charge in [0, 0.05) is 19.9 Å². The van der Waals surface area contributed by atoms with Crippen LogP contribution in [0.1, 0.15) is 25.7 Å². The maximum absolute atomic E-state index is 6.38. The van der Waals surface area contributed by atoms with Gasteiger partial charge in [-0.15, -0.1) is 0 Å². The predicted octanol–water partition coefficient (Wildman–Crippen LogP) is 0.707. The molecule has 5 nitrogen and oxygen atoms in total. The molecule has 5 heteroatoms. The van der Waals surface area contributed by atoms with Crippen molar-refractivity contribution in [2.24, 2.45) is 22.4 Å². The summed E-state index contributed by atoms with van der Waals surface area (Å²) in [4.78, 5) is 6.63. The fourth-order valence-electron chi connectivity index (χ4n) is 2.91. The molecular formula is C14H26N4O. The van der Waals surface area contributed by atoms with Gasteiger partial charge >= 0.3 is 0 Å². The van der Waals surface area contributed by atoms with E-state index in [9.17, 15) is 0 Å². The summed E-state index contributed by atoms with van der Waals surface area (Å²) in [7, 11) is 1.76. The van der Waals surface area contributed by atoms with Crippen LogP contribution in [0.25, 0.3) is 0 Å². The normalized spacial score (nSPS) is 29.5. The van der Waals surface area contributed by atoms with Gasteiger partial charge in [0.05, 0.1) is 12.1 Å². The third-order valence-electron chi connectivity index (χ3n) is 4.15. The third-order valence-corrected chi connectivity index (χ3v) is 4.15. The van der Waals surface area contributed by atoms with Crippen molar-refractivity contribution in [3.8, 4) is 0 Å². The van der Waals surface area contributed by atoms with Crippen molar-refractivity contribution in [1.82, 2.24) is 4.90 Å². The Morgan fingerprint density at radius 2 is 2.21 bits per heavy atom. The van der Waals surface area contributed by atoms with Gasteiger partial charge in [0.15, 0.2) is 0 Å². The van der Waals surface area contributed by atoms with E-state index in [2.05, 4.69) is 9.89 Å². The van der Waals surface area contributed by atoms with Crippen molar-refractivity contribution >= 4 is 6.21 Å². The second kappa shape index (κ2) is 6.50. The van der Waals surface area contributed by atoms with Crippen LogP contribution in [-0.2, 0) is 4.74 Å². The fourth-order valence-corrected chi connectivity index (χ4v) is 2.91. The van der Waals surface area contributed by atoms with E-state index in [1.807, 2.05) is 12.3 Å². The van der Waals surface area contributed by atoms with E-state index < -0.39 is 0 Å². The van der Waals surface area contributed by atoms with Gasteiger partial charge in [-0.1, -0.05) is 0 Å². The van der Waals surface area contributed by atoms with Gasteiger partial charge in [-0.25, -0.2) is 4.99 Å². The smallest absolute Gasteiger partial charge is 0.118 e. The highest BCUT2D eigenvalue weighted by Crippen LogP contribution is 2.28. The molecule has 0 aromatic rings. The topological polar surface area (TPSA) is 76.9 Å². The lowest BCUT2D eigenvalue weighted by Crippen LogP contribution is -2.46. The van der Waals surface area contributed by atoms with Crippen LogP contribution >= 0.6 is 0 Å². The molecule has 2 rings (SSSR count). The lowest BCUT2D eigenvalue weighted by atomic mass is 9.81. The summed E-state index contributed by atoms with van der Waals surface area (Å²) in [5.74, 6) is 1.29. The van der Waals surface area contributed by atoms with Gasteiger partial charge in [0.2, 0.25) is 0 Å². The number of ether oxygens (including phenoxy) is 1. The Kier molecular flexibility index (Phi) is 4.96. The molecular weight excluding hydrogens is 240 g/mol. The molecule has 1 fully saturated rings. The standard InChI is InChI=1S/C14H26N4O/c1-19-9-8-18-6-3-12(4-7-18)10-14(16)5-2-13(15)17-11-14/h2,11-12H,3-10,15-16H2,1H3. The maximum atomic E-state index is 6.38. The molecule has 0 spiro atoms. The van der Waals surface area contributed by atoms with Gasteiger partial charge in [-0.05, 0) is 50.8 Å². The third kappa shape index (κ3) is 4.30. The number of nitrogens with zero attached hydrogens (tertiary/aromatic N) is 2. The minimum atomic E-state index is -0.289. The van der Waals surface area contributed by atoms with Gasteiger partial charge in [-0.2, -0.15) is 0 Å². The average Bonchev–Trinajstić information content (AvgIpc) is 2.42. The Morgan fingerprint density at radius 3 is 2.79 bits per heavy atom. The van der Waals surface area contributed by atoms with E-state index in [4.69, 9.17) is 16.2 Å². The zero-order valence-electron chi connectivity index (χ0n) is 11.8. The van der Waals surface area contributed by atoms with Crippen molar-refractivity contribution in [2.75, 3.05) is 33.4 Å². The molecule has 1 atom stereocenters. The number of hydrogen-bond donors (Lipinski definition) is 2. The molecule has 0 aromatic carbocycles. The highest BCUT2D eigenvalue weighted by molar-refractivity contribution is 5.72. The van der Waals surface area contributed by atoms with Crippen molar-refractivity contribution in [3.05, 3.63) is 11.9 Å². The van der Waals surface area contributed by atoms with E-state index in [-0.39, 0.29) is 5.54 Å². The van der Waals surface area contributed by atoms with Crippen LogP contribution in [0.15, 0.2) is 16.9 Å². The van der Waals surface area contributed by atoms with Gasteiger partial charge in [-0.3, -0.25) is 0 Å². The average molecular weight is 266 g/mol. The Labute approximate surface area is 115 Å². The molecule has 108 valence electrons. The summed E-state index contributed by atoms with van der Waals surface area (Å²) in [6.45, 7) is 4.17. The monoisotopic (exact) mass is 266 g/mol. The first-order chi connectivity index (χ1) is 9.11. The first-order valence-electron chi connectivity index (χ1n) is 7.12. The van der Waals surface area contributed by atoms with Gasteiger partial charge in [0.1, 0.15) is 5.82 Å². The molecule has 0 amide bonds. The van der Waals surface area contributed by atoms with Crippen molar-refractivity contribution < 1.29 is 4.74 Å². The molecule has 1 saturated heterocycles. The summed E-state index contributed by atoms with van der Waals surface area (Å²) >= 11 is 0. The Hall–Kier alpha value is -0.910. The Bertz CT molecular complexity index is 347. The molecule has 0 saturated carbocycles. The van der Waals surface area contributed by atoms with E-state index >= 15 is 0 Å². The van der Waals surface area contributed by atoms with Crippen LogP contribution in [0.3, 0.4) is 0 Å². The van der Waals surface area contributed by atoms with Crippen LogP contribution in [-0.4, -0.2) is 50.0 Å². The first-order valence-corrected chi connectivity index (χ1v) is 7.12.